The first-order valence-corrected chi connectivity index (χ1v) is 6.94. The summed E-state index contributed by atoms with van der Waals surface area (Å²) in [5.74, 6) is 1.22. The summed E-state index contributed by atoms with van der Waals surface area (Å²) in [5.41, 5.74) is 18.2. The van der Waals surface area contributed by atoms with E-state index >= 15 is 0 Å². The summed E-state index contributed by atoms with van der Waals surface area (Å²) in [4.78, 5) is 0. The minimum absolute atomic E-state index is 0.0654. The van der Waals surface area contributed by atoms with E-state index < -0.39 is 0 Å². The average Bonchev–Trinajstić information content (AvgIpc) is 2.29. The zero-order chi connectivity index (χ0) is 13.4. The van der Waals surface area contributed by atoms with Gasteiger partial charge in [-0.3, -0.25) is 0 Å². The molecule has 4 nitrogen and oxygen atoms in total. The molecule has 0 aromatic carbocycles. The molecule has 0 saturated heterocycles. The molecule has 0 aliphatic carbocycles. The smallest absolute Gasteiger partial charge is 0.0602 e. The van der Waals surface area contributed by atoms with Gasteiger partial charge in [0, 0.05) is 12.0 Å². The van der Waals surface area contributed by atoms with Crippen molar-refractivity contribution in [3.8, 4) is 0 Å². The monoisotopic (exact) mass is 244 g/mol. The minimum atomic E-state index is -0.101. The molecule has 0 bridgehead atoms. The van der Waals surface area contributed by atoms with Crippen molar-refractivity contribution >= 4 is 0 Å². The van der Waals surface area contributed by atoms with Crippen LogP contribution in [0, 0.1) is 17.8 Å². The Morgan fingerprint density at radius 1 is 1.12 bits per heavy atom. The Kier molecular flexibility index (Phi) is 8.78. The van der Waals surface area contributed by atoms with Gasteiger partial charge < -0.3 is 22.5 Å². The van der Waals surface area contributed by atoms with E-state index in [-0.39, 0.29) is 18.1 Å². The van der Waals surface area contributed by atoms with Crippen LogP contribution in [0.5, 0.6) is 0 Å². The summed E-state index contributed by atoms with van der Waals surface area (Å²) >= 11 is 0. The maximum absolute atomic E-state index is 6.33. The van der Waals surface area contributed by atoms with E-state index in [0.29, 0.717) is 18.4 Å². The van der Waals surface area contributed by atoms with Crippen molar-refractivity contribution in [2.45, 2.75) is 52.7 Å². The second-order valence-electron chi connectivity index (χ2n) is 5.19. The lowest BCUT2D eigenvalue weighted by Gasteiger charge is -2.35. The summed E-state index contributed by atoms with van der Waals surface area (Å²) in [7, 11) is 0. The van der Waals surface area contributed by atoms with Crippen molar-refractivity contribution in [1.82, 2.24) is 5.32 Å². The SMILES string of the molecule is CCCC(C)C(C)C(N)C(CN)C(N)NCC. The molecule has 0 aliphatic rings. The summed E-state index contributed by atoms with van der Waals surface area (Å²) in [6.07, 6.45) is 2.31. The molecule has 17 heavy (non-hydrogen) atoms. The van der Waals surface area contributed by atoms with Crippen LogP contribution in [0.15, 0.2) is 0 Å². The van der Waals surface area contributed by atoms with Gasteiger partial charge in [0.15, 0.2) is 0 Å². The topological polar surface area (TPSA) is 90.1 Å². The molecule has 4 heteroatoms. The van der Waals surface area contributed by atoms with Crippen molar-refractivity contribution < 1.29 is 0 Å². The maximum Gasteiger partial charge on any atom is 0.0602 e. The highest BCUT2D eigenvalue weighted by molar-refractivity contribution is 4.86. The van der Waals surface area contributed by atoms with E-state index in [1.165, 1.54) is 12.8 Å². The Labute approximate surface area is 107 Å². The van der Waals surface area contributed by atoms with Gasteiger partial charge in [-0.25, -0.2) is 0 Å². The third-order valence-corrected chi connectivity index (χ3v) is 3.92. The molecule has 5 atom stereocenters. The Balaban J connectivity index is 4.45. The predicted molar refractivity (Wildman–Crippen MR) is 75.4 cm³/mol. The van der Waals surface area contributed by atoms with Crippen LogP contribution >= 0.6 is 0 Å². The standard InChI is InChI=1S/C13H32N4/c1-5-7-9(3)10(4)12(15)11(8-14)13(16)17-6-2/h9-13,17H,5-8,14-16H2,1-4H3. The minimum Gasteiger partial charge on any atom is -0.330 e. The average molecular weight is 244 g/mol. The first-order valence-electron chi connectivity index (χ1n) is 6.94. The number of rotatable bonds is 9. The van der Waals surface area contributed by atoms with Crippen LogP contribution < -0.4 is 22.5 Å². The highest BCUT2D eigenvalue weighted by Gasteiger charge is 2.29. The van der Waals surface area contributed by atoms with Crippen LogP contribution in [0.4, 0.5) is 0 Å². The predicted octanol–water partition coefficient (Wildman–Crippen LogP) is 0.855. The molecule has 0 radical (unpaired) electrons. The van der Waals surface area contributed by atoms with Crippen LogP contribution in [0.3, 0.4) is 0 Å². The van der Waals surface area contributed by atoms with Gasteiger partial charge in [-0.2, -0.15) is 0 Å². The maximum atomic E-state index is 6.33. The normalized spacial score (nSPS) is 20.6. The van der Waals surface area contributed by atoms with Gasteiger partial charge in [0.05, 0.1) is 6.17 Å². The number of nitrogens with two attached hydrogens (primary N) is 3. The number of nitrogens with one attached hydrogen (secondary N) is 1. The summed E-state index contributed by atoms with van der Waals surface area (Å²) in [6, 6.07) is 0.0654. The first kappa shape index (κ1) is 16.8. The van der Waals surface area contributed by atoms with Crippen molar-refractivity contribution in [3.05, 3.63) is 0 Å². The molecular weight excluding hydrogens is 212 g/mol. The van der Waals surface area contributed by atoms with E-state index in [4.69, 9.17) is 17.2 Å². The van der Waals surface area contributed by atoms with Gasteiger partial charge >= 0.3 is 0 Å². The van der Waals surface area contributed by atoms with E-state index in [2.05, 4.69) is 26.1 Å². The first-order chi connectivity index (χ1) is 7.99. The van der Waals surface area contributed by atoms with Crippen molar-refractivity contribution in [2.24, 2.45) is 35.0 Å². The van der Waals surface area contributed by atoms with E-state index in [1.807, 2.05) is 6.92 Å². The molecule has 5 unspecified atom stereocenters. The highest BCUT2D eigenvalue weighted by Crippen LogP contribution is 2.23. The molecule has 0 aliphatic heterocycles. The largest absolute Gasteiger partial charge is 0.330 e. The molecule has 0 amide bonds. The highest BCUT2D eigenvalue weighted by atomic mass is 15.0. The molecule has 0 aromatic heterocycles. The summed E-state index contributed by atoms with van der Waals surface area (Å²) in [6.45, 7) is 10.1. The van der Waals surface area contributed by atoms with Gasteiger partial charge in [-0.1, -0.05) is 40.5 Å². The molecular formula is C13H32N4. The lowest BCUT2D eigenvalue weighted by molar-refractivity contribution is 0.211. The van der Waals surface area contributed by atoms with Crippen molar-refractivity contribution in [1.29, 1.82) is 0 Å². The Hall–Kier alpha value is -0.160. The van der Waals surface area contributed by atoms with Crippen LogP contribution in [0.1, 0.15) is 40.5 Å². The van der Waals surface area contributed by atoms with Gasteiger partial charge in [0.25, 0.3) is 0 Å². The lowest BCUT2D eigenvalue weighted by Crippen LogP contribution is -2.56. The zero-order valence-electron chi connectivity index (χ0n) is 11.9. The second kappa shape index (κ2) is 8.86. The molecule has 0 saturated carbocycles. The molecule has 0 spiro atoms. The third kappa shape index (κ3) is 5.34. The van der Waals surface area contributed by atoms with Crippen molar-refractivity contribution in [2.75, 3.05) is 13.1 Å². The van der Waals surface area contributed by atoms with Gasteiger partial charge in [-0.05, 0) is 24.9 Å². The Morgan fingerprint density at radius 2 is 1.71 bits per heavy atom. The number of hydrogen-bond donors (Lipinski definition) is 4. The Morgan fingerprint density at radius 3 is 2.12 bits per heavy atom. The van der Waals surface area contributed by atoms with Gasteiger partial charge in [0.2, 0.25) is 0 Å². The molecule has 104 valence electrons. The van der Waals surface area contributed by atoms with Crippen LogP contribution in [0.25, 0.3) is 0 Å². The fourth-order valence-electron chi connectivity index (χ4n) is 2.42. The molecule has 0 rings (SSSR count). The fraction of sp³-hybridized carbons (Fsp3) is 1.00. The van der Waals surface area contributed by atoms with Crippen LogP contribution in [-0.4, -0.2) is 25.3 Å². The fourth-order valence-corrected chi connectivity index (χ4v) is 2.42. The number of hydrogen-bond acceptors (Lipinski definition) is 4. The summed E-state index contributed by atoms with van der Waals surface area (Å²) in [5, 5.41) is 3.22. The molecule has 7 N–H and O–H groups in total. The van der Waals surface area contributed by atoms with Crippen LogP contribution in [0.2, 0.25) is 0 Å². The zero-order valence-corrected chi connectivity index (χ0v) is 11.9. The lowest BCUT2D eigenvalue weighted by atomic mass is 9.79. The third-order valence-electron chi connectivity index (χ3n) is 3.92. The van der Waals surface area contributed by atoms with E-state index in [9.17, 15) is 0 Å². The van der Waals surface area contributed by atoms with E-state index in [1.54, 1.807) is 0 Å². The molecule has 0 fully saturated rings. The van der Waals surface area contributed by atoms with E-state index in [0.717, 1.165) is 6.54 Å². The van der Waals surface area contributed by atoms with Gasteiger partial charge in [0.1, 0.15) is 0 Å². The van der Waals surface area contributed by atoms with Gasteiger partial charge in [-0.15, -0.1) is 0 Å². The molecule has 0 aromatic rings. The van der Waals surface area contributed by atoms with Crippen LogP contribution in [-0.2, 0) is 0 Å². The molecule has 0 heterocycles. The van der Waals surface area contributed by atoms with Crippen molar-refractivity contribution in [3.63, 3.8) is 0 Å². The summed E-state index contributed by atoms with van der Waals surface area (Å²) < 4.78 is 0. The Bertz CT molecular complexity index is 186. The second-order valence-corrected chi connectivity index (χ2v) is 5.19. The quantitative estimate of drug-likeness (QED) is 0.453.